The quantitative estimate of drug-likeness (QED) is 0.570. The fourth-order valence-corrected chi connectivity index (χ4v) is 2.88. The lowest BCUT2D eigenvalue weighted by atomic mass is 10.2. The van der Waals surface area contributed by atoms with Gasteiger partial charge in [-0.1, -0.05) is 12.1 Å². The lowest BCUT2D eigenvalue weighted by molar-refractivity contribution is 0.222. The van der Waals surface area contributed by atoms with Gasteiger partial charge in [0, 0.05) is 31.9 Å². The molecule has 0 fully saturated rings. The third kappa shape index (κ3) is 5.22. The van der Waals surface area contributed by atoms with Crippen LogP contribution in [0.2, 0.25) is 0 Å². The summed E-state index contributed by atoms with van der Waals surface area (Å²) >= 11 is 3.50. The predicted octanol–water partition coefficient (Wildman–Crippen LogP) is 2.93. The number of ether oxygens (including phenoxy) is 1. The number of benzene rings is 1. The van der Waals surface area contributed by atoms with E-state index >= 15 is 0 Å². The van der Waals surface area contributed by atoms with Crippen molar-refractivity contribution in [1.82, 2.24) is 20.4 Å². The number of nitrogens with one attached hydrogen (secondary N) is 2. The molecule has 0 saturated carbocycles. The Hall–Kier alpha value is -2.02. The smallest absolute Gasteiger partial charge is 0.191 e. The Bertz CT molecular complexity index is 741. The van der Waals surface area contributed by atoms with Crippen molar-refractivity contribution >= 4 is 21.9 Å². The Labute approximate surface area is 157 Å². The minimum atomic E-state index is -0.000820. The van der Waals surface area contributed by atoms with Crippen LogP contribution in [0, 0.1) is 13.8 Å². The Kier molecular flexibility index (Phi) is 6.87. The summed E-state index contributed by atoms with van der Waals surface area (Å²) in [6.07, 6.45) is -0.000820. The van der Waals surface area contributed by atoms with Gasteiger partial charge in [0.05, 0.1) is 16.7 Å². The van der Waals surface area contributed by atoms with Crippen molar-refractivity contribution in [1.29, 1.82) is 0 Å². The Morgan fingerprint density at radius 1 is 1.32 bits per heavy atom. The van der Waals surface area contributed by atoms with Crippen LogP contribution in [-0.2, 0) is 13.6 Å². The maximum absolute atomic E-state index is 5.94. The molecular formula is C18H26BrN5O. The van der Waals surface area contributed by atoms with Crippen LogP contribution in [0.3, 0.4) is 0 Å². The molecule has 2 N–H and O–H groups in total. The fourth-order valence-electron chi connectivity index (χ4n) is 2.51. The van der Waals surface area contributed by atoms with E-state index in [-0.39, 0.29) is 6.10 Å². The van der Waals surface area contributed by atoms with Gasteiger partial charge >= 0.3 is 0 Å². The van der Waals surface area contributed by atoms with Gasteiger partial charge < -0.3 is 15.4 Å². The summed E-state index contributed by atoms with van der Waals surface area (Å²) in [5, 5.41) is 11.1. The fraction of sp³-hybridized carbons (Fsp3) is 0.444. The zero-order valence-electron chi connectivity index (χ0n) is 15.4. The Morgan fingerprint density at radius 3 is 2.64 bits per heavy atom. The highest BCUT2D eigenvalue weighted by molar-refractivity contribution is 9.10. The molecule has 6 nitrogen and oxygen atoms in total. The number of aryl methyl sites for hydroxylation is 2. The van der Waals surface area contributed by atoms with E-state index in [4.69, 9.17) is 4.74 Å². The highest BCUT2D eigenvalue weighted by Crippen LogP contribution is 2.24. The number of aromatic nitrogens is 2. The SMILES string of the molecule is CN=C(NCc1c(C)nn(C)c1C)NCC(C)Oc1ccccc1Br. The third-order valence-electron chi connectivity index (χ3n) is 4.04. The number of para-hydroxylation sites is 1. The second-order valence-electron chi connectivity index (χ2n) is 5.94. The maximum Gasteiger partial charge on any atom is 0.191 e. The van der Waals surface area contributed by atoms with Crippen LogP contribution in [0.15, 0.2) is 33.7 Å². The van der Waals surface area contributed by atoms with Gasteiger partial charge in [-0.15, -0.1) is 0 Å². The largest absolute Gasteiger partial charge is 0.488 e. The standard InChI is InChI=1S/C18H26BrN5O/c1-12(25-17-9-7-6-8-16(17)19)10-21-18(20-4)22-11-15-13(2)23-24(5)14(15)3/h6-9,12H,10-11H2,1-5H3,(H2,20,21,22). The zero-order chi connectivity index (χ0) is 18.4. The van der Waals surface area contributed by atoms with Crippen molar-refractivity contribution in [3.05, 3.63) is 45.7 Å². The summed E-state index contributed by atoms with van der Waals surface area (Å²) in [6, 6.07) is 7.84. The van der Waals surface area contributed by atoms with Crippen molar-refractivity contribution in [2.45, 2.75) is 33.4 Å². The zero-order valence-corrected chi connectivity index (χ0v) is 17.0. The number of nitrogens with zero attached hydrogens (tertiary/aromatic N) is 3. The molecule has 2 rings (SSSR count). The molecular weight excluding hydrogens is 382 g/mol. The van der Waals surface area contributed by atoms with Crippen LogP contribution in [-0.4, -0.2) is 35.4 Å². The van der Waals surface area contributed by atoms with Gasteiger partial charge in [0.2, 0.25) is 0 Å². The summed E-state index contributed by atoms with van der Waals surface area (Å²) < 4.78 is 8.79. The van der Waals surface area contributed by atoms with E-state index in [1.165, 1.54) is 5.56 Å². The summed E-state index contributed by atoms with van der Waals surface area (Å²) in [5.74, 6) is 1.58. The molecule has 0 radical (unpaired) electrons. The molecule has 1 atom stereocenters. The van der Waals surface area contributed by atoms with Gasteiger partial charge in [0.25, 0.3) is 0 Å². The molecule has 7 heteroatoms. The highest BCUT2D eigenvalue weighted by Gasteiger charge is 2.11. The maximum atomic E-state index is 5.94. The van der Waals surface area contributed by atoms with Gasteiger partial charge in [0.15, 0.2) is 5.96 Å². The van der Waals surface area contributed by atoms with Crippen LogP contribution >= 0.6 is 15.9 Å². The predicted molar refractivity (Wildman–Crippen MR) is 105 cm³/mol. The van der Waals surface area contributed by atoms with E-state index in [1.54, 1.807) is 7.05 Å². The van der Waals surface area contributed by atoms with E-state index in [1.807, 2.05) is 49.8 Å². The van der Waals surface area contributed by atoms with Crippen molar-refractivity contribution in [3.63, 3.8) is 0 Å². The third-order valence-corrected chi connectivity index (χ3v) is 4.69. The first kappa shape index (κ1) is 19.3. The Balaban J connectivity index is 1.85. The first-order valence-corrected chi connectivity index (χ1v) is 9.06. The molecule has 1 unspecified atom stereocenters. The van der Waals surface area contributed by atoms with E-state index in [9.17, 15) is 0 Å². The molecule has 0 aliphatic heterocycles. The minimum absolute atomic E-state index is 0.000820. The summed E-state index contributed by atoms with van der Waals surface area (Å²) in [6.45, 7) is 7.44. The average Bonchev–Trinajstić information content (AvgIpc) is 2.82. The number of guanidine groups is 1. The molecule has 1 heterocycles. The van der Waals surface area contributed by atoms with Gasteiger partial charge in [-0.2, -0.15) is 5.10 Å². The molecule has 136 valence electrons. The molecule has 2 aromatic rings. The molecule has 0 saturated heterocycles. The highest BCUT2D eigenvalue weighted by atomic mass is 79.9. The van der Waals surface area contributed by atoms with Crippen LogP contribution < -0.4 is 15.4 Å². The van der Waals surface area contributed by atoms with E-state index in [0.717, 1.165) is 27.6 Å². The van der Waals surface area contributed by atoms with Gasteiger partial charge in [-0.25, -0.2) is 0 Å². The summed E-state index contributed by atoms with van der Waals surface area (Å²) in [5.41, 5.74) is 3.39. The van der Waals surface area contributed by atoms with Crippen LogP contribution in [0.4, 0.5) is 0 Å². The number of hydrogen-bond donors (Lipinski definition) is 2. The minimum Gasteiger partial charge on any atom is -0.488 e. The normalized spacial score (nSPS) is 12.8. The lowest BCUT2D eigenvalue weighted by Crippen LogP contribution is -2.41. The van der Waals surface area contributed by atoms with E-state index < -0.39 is 0 Å². The molecule has 0 aliphatic carbocycles. The van der Waals surface area contributed by atoms with Crippen molar-refractivity contribution < 1.29 is 4.74 Å². The van der Waals surface area contributed by atoms with E-state index in [2.05, 4.69) is 43.6 Å². The van der Waals surface area contributed by atoms with Crippen molar-refractivity contribution in [2.75, 3.05) is 13.6 Å². The van der Waals surface area contributed by atoms with Crippen molar-refractivity contribution in [2.24, 2.45) is 12.0 Å². The number of hydrogen-bond acceptors (Lipinski definition) is 3. The van der Waals surface area contributed by atoms with Crippen molar-refractivity contribution in [3.8, 4) is 5.75 Å². The number of rotatable bonds is 6. The molecule has 1 aromatic heterocycles. The van der Waals surface area contributed by atoms with Gasteiger partial charge in [0.1, 0.15) is 11.9 Å². The molecule has 25 heavy (non-hydrogen) atoms. The van der Waals surface area contributed by atoms with E-state index in [0.29, 0.717) is 13.1 Å². The van der Waals surface area contributed by atoms with Gasteiger partial charge in [-0.05, 0) is 48.8 Å². The first-order valence-electron chi connectivity index (χ1n) is 8.27. The molecule has 0 aliphatic rings. The molecule has 0 spiro atoms. The monoisotopic (exact) mass is 407 g/mol. The molecule has 0 amide bonds. The Morgan fingerprint density at radius 2 is 2.04 bits per heavy atom. The van der Waals surface area contributed by atoms with Gasteiger partial charge in [-0.3, -0.25) is 9.67 Å². The second-order valence-corrected chi connectivity index (χ2v) is 6.79. The van der Waals surface area contributed by atoms with Crippen LogP contribution in [0.1, 0.15) is 23.9 Å². The number of halogens is 1. The summed E-state index contributed by atoms with van der Waals surface area (Å²) in [7, 11) is 3.72. The first-order chi connectivity index (χ1) is 11.9. The van der Waals surface area contributed by atoms with Crippen LogP contribution in [0.25, 0.3) is 0 Å². The average molecular weight is 408 g/mol. The summed E-state index contributed by atoms with van der Waals surface area (Å²) in [4.78, 5) is 4.27. The second kappa shape index (κ2) is 8.89. The van der Waals surface area contributed by atoms with Crippen LogP contribution in [0.5, 0.6) is 5.75 Å². The topological polar surface area (TPSA) is 63.5 Å². The number of aliphatic imine (C=N–C) groups is 1. The molecule has 1 aromatic carbocycles. The lowest BCUT2D eigenvalue weighted by Gasteiger charge is -2.18. The molecule has 0 bridgehead atoms.